The van der Waals surface area contributed by atoms with Crippen LogP contribution in [0.4, 0.5) is 0 Å². The van der Waals surface area contributed by atoms with E-state index in [0.717, 1.165) is 30.0 Å². The Morgan fingerprint density at radius 2 is 1.79 bits per heavy atom. The van der Waals surface area contributed by atoms with E-state index < -0.39 is 0 Å². The molecule has 0 radical (unpaired) electrons. The van der Waals surface area contributed by atoms with Gasteiger partial charge in [0.2, 0.25) is 0 Å². The summed E-state index contributed by atoms with van der Waals surface area (Å²) in [5.41, 5.74) is 2.55. The van der Waals surface area contributed by atoms with Crippen molar-refractivity contribution in [2.75, 3.05) is 39.8 Å². The Bertz CT molecular complexity index is 1100. The third kappa shape index (κ3) is 6.27. The number of halogens is 2. The van der Waals surface area contributed by atoms with Crippen molar-refractivity contribution in [2.24, 2.45) is 0 Å². The van der Waals surface area contributed by atoms with Crippen molar-refractivity contribution in [1.29, 1.82) is 0 Å². The largest absolute Gasteiger partial charge is 0.497 e. The topological polar surface area (TPSA) is 54.9 Å². The van der Waals surface area contributed by atoms with Gasteiger partial charge in [0, 0.05) is 43.9 Å². The lowest BCUT2D eigenvalue weighted by Gasteiger charge is -2.36. The first-order chi connectivity index (χ1) is 16.5. The van der Waals surface area contributed by atoms with Crippen molar-refractivity contribution in [1.82, 2.24) is 14.8 Å². The van der Waals surface area contributed by atoms with Crippen LogP contribution in [0.1, 0.15) is 27.6 Å². The van der Waals surface area contributed by atoms with Crippen molar-refractivity contribution >= 4 is 29.1 Å². The molecule has 0 bridgehead atoms. The maximum atomic E-state index is 12.9. The number of carbonyl (C=O) groups excluding carboxylic acids is 1. The van der Waals surface area contributed by atoms with Gasteiger partial charge in [0.05, 0.1) is 25.4 Å². The average Bonchev–Trinajstić information content (AvgIpc) is 2.87. The van der Waals surface area contributed by atoms with Gasteiger partial charge in [0.15, 0.2) is 0 Å². The van der Waals surface area contributed by atoms with Gasteiger partial charge in [0.1, 0.15) is 10.9 Å². The van der Waals surface area contributed by atoms with Crippen molar-refractivity contribution in [3.05, 3.63) is 93.7 Å². The lowest BCUT2D eigenvalue weighted by Crippen LogP contribution is -2.49. The molecule has 1 fully saturated rings. The quantitative estimate of drug-likeness (QED) is 0.403. The molecular formula is C26H27Cl2N3O3. The van der Waals surface area contributed by atoms with Crippen molar-refractivity contribution in [3.8, 4) is 5.75 Å². The molecule has 8 heteroatoms. The number of carbonyl (C=O) groups is 1. The predicted octanol–water partition coefficient (Wildman–Crippen LogP) is 5.11. The minimum absolute atomic E-state index is 0.0822. The van der Waals surface area contributed by atoms with Gasteiger partial charge < -0.3 is 14.4 Å². The van der Waals surface area contributed by atoms with E-state index in [0.29, 0.717) is 36.8 Å². The van der Waals surface area contributed by atoms with Gasteiger partial charge >= 0.3 is 0 Å². The van der Waals surface area contributed by atoms with Gasteiger partial charge in [-0.15, -0.1) is 0 Å². The summed E-state index contributed by atoms with van der Waals surface area (Å²) in [6.07, 6.45) is 1.44. The van der Waals surface area contributed by atoms with Crippen molar-refractivity contribution < 1.29 is 14.3 Å². The maximum Gasteiger partial charge on any atom is 0.257 e. The van der Waals surface area contributed by atoms with Gasteiger partial charge in [0.25, 0.3) is 5.91 Å². The van der Waals surface area contributed by atoms with Gasteiger partial charge in [-0.1, -0.05) is 47.5 Å². The standard InChI is InChI=1S/C26H27Cl2N3O3/c1-33-22-5-2-4-19(16-22)18-34-24(20-7-9-21(27)10-8-20)17-30-12-14-31(15-13-30)26(32)23-6-3-11-29-25(23)28/h2-11,16,24H,12-15,17-18H2,1H3/t24-/m0/s1. The molecule has 0 unspecified atom stereocenters. The zero-order valence-electron chi connectivity index (χ0n) is 19.0. The number of hydrogen-bond donors (Lipinski definition) is 0. The van der Waals surface area contributed by atoms with Crippen molar-refractivity contribution in [2.45, 2.75) is 12.7 Å². The average molecular weight is 500 g/mol. The molecule has 4 rings (SSSR count). The lowest BCUT2D eigenvalue weighted by atomic mass is 10.1. The van der Waals surface area contributed by atoms with Crippen LogP contribution >= 0.6 is 23.2 Å². The van der Waals surface area contributed by atoms with Crippen LogP contribution in [0.2, 0.25) is 10.2 Å². The minimum Gasteiger partial charge on any atom is -0.497 e. The molecule has 1 aliphatic rings. The molecule has 1 aromatic heterocycles. The summed E-state index contributed by atoms with van der Waals surface area (Å²) < 4.78 is 11.7. The number of hydrogen-bond acceptors (Lipinski definition) is 5. The first kappa shape index (κ1) is 24.5. The van der Waals surface area contributed by atoms with Crippen LogP contribution in [0.3, 0.4) is 0 Å². The van der Waals surface area contributed by atoms with Crippen LogP contribution in [0.15, 0.2) is 66.9 Å². The van der Waals surface area contributed by atoms with Crippen LogP contribution in [0, 0.1) is 0 Å². The molecule has 0 aliphatic carbocycles. The van der Waals surface area contributed by atoms with Gasteiger partial charge in [-0.2, -0.15) is 0 Å². The molecule has 0 saturated carbocycles. The highest BCUT2D eigenvalue weighted by molar-refractivity contribution is 6.32. The Morgan fingerprint density at radius 1 is 1.03 bits per heavy atom. The maximum absolute atomic E-state index is 12.9. The third-order valence-electron chi connectivity index (χ3n) is 5.90. The zero-order chi connectivity index (χ0) is 23.9. The molecule has 34 heavy (non-hydrogen) atoms. The second-order valence-corrected chi connectivity index (χ2v) is 8.93. The molecule has 1 saturated heterocycles. The highest BCUT2D eigenvalue weighted by Gasteiger charge is 2.26. The molecule has 3 aromatic rings. The number of rotatable bonds is 8. The lowest BCUT2D eigenvalue weighted by molar-refractivity contribution is 0.00337. The normalized spacial score (nSPS) is 15.2. The van der Waals surface area contributed by atoms with E-state index in [1.807, 2.05) is 53.4 Å². The first-order valence-corrected chi connectivity index (χ1v) is 11.9. The van der Waals surface area contributed by atoms with Crippen LogP contribution < -0.4 is 4.74 Å². The second kappa shape index (κ2) is 11.7. The highest BCUT2D eigenvalue weighted by atomic mass is 35.5. The Kier molecular flexibility index (Phi) is 8.40. The molecule has 1 aliphatic heterocycles. The second-order valence-electron chi connectivity index (χ2n) is 8.14. The predicted molar refractivity (Wildman–Crippen MR) is 134 cm³/mol. The van der Waals surface area contributed by atoms with E-state index in [1.165, 1.54) is 0 Å². The van der Waals surface area contributed by atoms with Gasteiger partial charge in [-0.05, 0) is 47.5 Å². The van der Waals surface area contributed by atoms with Gasteiger partial charge in [-0.25, -0.2) is 4.98 Å². The van der Waals surface area contributed by atoms with Crippen LogP contribution in [0.5, 0.6) is 5.75 Å². The summed E-state index contributed by atoms with van der Waals surface area (Å²) in [6.45, 7) is 3.90. The summed E-state index contributed by atoms with van der Waals surface area (Å²) in [7, 11) is 1.66. The third-order valence-corrected chi connectivity index (χ3v) is 6.45. The number of piperazine rings is 1. The fourth-order valence-electron chi connectivity index (χ4n) is 3.97. The van der Waals surface area contributed by atoms with Crippen LogP contribution in [0.25, 0.3) is 0 Å². The summed E-state index contributed by atoms with van der Waals surface area (Å²) in [6, 6.07) is 19.1. The summed E-state index contributed by atoms with van der Waals surface area (Å²) >= 11 is 12.2. The molecule has 0 N–H and O–H groups in total. The summed E-state index contributed by atoms with van der Waals surface area (Å²) in [5.74, 6) is 0.722. The van der Waals surface area contributed by atoms with E-state index in [1.54, 1.807) is 25.4 Å². The fraction of sp³-hybridized carbons (Fsp3) is 0.308. The Hall–Kier alpha value is -2.64. The Morgan fingerprint density at radius 3 is 2.50 bits per heavy atom. The van der Waals surface area contributed by atoms with Crippen molar-refractivity contribution in [3.63, 3.8) is 0 Å². The van der Waals surface area contributed by atoms with E-state index in [9.17, 15) is 4.79 Å². The Balaban J connectivity index is 1.40. The Labute approximate surface area is 210 Å². The number of pyridine rings is 1. The smallest absolute Gasteiger partial charge is 0.257 e. The van der Waals surface area contributed by atoms with E-state index in [2.05, 4.69) is 9.88 Å². The highest BCUT2D eigenvalue weighted by Crippen LogP contribution is 2.25. The molecule has 6 nitrogen and oxygen atoms in total. The molecule has 0 spiro atoms. The number of aromatic nitrogens is 1. The van der Waals surface area contributed by atoms with E-state index >= 15 is 0 Å². The number of nitrogens with zero attached hydrogens (tertiary/aromatic N) is 3. The summed E-state index contributed by atoms with van der Waals surface area (Å²) in [4.78, 5) is 21.0. The van der Waals surface area contributed by atoms with Crippen LogP contribution in [-0.2, 0) is 11.3 Å². The SMILES string of the molecule is COc1cccc(CO[C@@H](CN2CCN(C(=O)c3cccnc3Cl)CC2)c2ccc(Cl)cc2)c1. The molecule has 2 aromatic carbocycles. The summed E-state index contributed by atoms with van der Waals surface area (Å²) in [5, 5.41) is 0.931. The zero-order valence-corrected chi connectivity index (χ0v) is 20.5. The number of benzene rings is 2. The van der Waals surface area contributed by atoms with Crippen LogP contribution in [-0.4, -0.2) is 60.5 Å². The van der Waals surface area contributed by atoms with E-state index in [4.69, 9.17) is 32.7 Å². The monoisotopic (exact) mass is 499 g/mol. The first-order valence-electron chi connectivity index (χ1n) is 11.2. The van der Waals surface area contributed by atoms with E-state index in [-0.39, 0.29) is 17.2 Å². The molecule has 178 valence electrons. The molecular weight excluding hydrogens is 473 g/mol. The minimum atomic E-state index is -0.140. The number of amides is 1. The molecule has 1 amide bonds. The number of methoxy groups -OCH3 is 1. The fourth-order valence-corrected chi connectivity index (χ4v) is 4.30. The molecule has 1 atom stereocenters. The number of ether oxygens (including phenoxy) is 2. The molecule has 2 heterocycles. The van der Waals surface area contributed by atoms with Gasteiger partial charge in [-0.3, -0.25) is 9.69 Å².